The van der Waals surface area contributed by atoms with Crippen LogP contribution in [0.2, 0.25) is 0 Å². The zero-order valence-electron chi connectivity index (χ0n) is 14.7. The Kier molecular flexibility index (Phi) is 5.39. The number of rotatable bonds is 3. The van der Waals surface area contributed by atoms with E-state index in [-0.39, 0.29) is 10.6 Å². The number of nitro benzene ring substituents is 1. The Balaban J connectivity index is 2.41. The van der Waals surface area contributed by atoms with Gasteiger partial charge in [0.25, 0.3) is 5.69 Å². The van der Waals surface area contributed by atoms with E-state index in [1.54, 1.807) is 12.1 Å². The van der Waals surface area contributed by atoms with Gasteiger partial charge in [-0.2, -0.15) is 0 Å². The summed E-state index contributed by atoms with van der Waals surface area (Å²) in [4.78, 5) is 17.9. The monoisotopic (exact) mass is 317 g/mol. The van der Waals surface area contributed by atoms with Crippen LogP contribution < -0.4 is 0 Å². The molecule has 1 aliphatic heterocycles. The minimum atomic E-state index is -0.362. The Bertz CT molecular complexity index is 600. The fourth-order valence-electron chi connectivity index (χ4n) is 3.36. The Hall–Kier alpha value is -1.91. The Morgan fingerprint density at radius 1 is 1.30 bits per heavy atom. The third-order valence-electron chi connectivity index (χ3n) is 4.60. The summed E-state index contributed by atoms with van der Waals surface area (Å²) in [5.74, 6) is 1.40. The summed E-state index contributed by atoms with van der Waals surface area (Å²) in [6.07, 6.45) is 3.64. The molecule has 2 atom stereocenters. The molecule has 2 rings (SSSR count). The molecule has 5 heteroatoms. The molecule has 0 aliphatic carbocycles. The number of non-ortho nitro benzene ring substituents is 1. The molecule has 1 heterocycles. The Labute approximate surface area is 138 Å². The number of nitro groups is 1. The lowest BCUT2D eigenvalue weighted by Crippen LogP contribution is -2.49. The highest BCUT2D eigenvalue weighted by Crippen LogP contribution is 2.29. The number of amidine groups is 1. The van der Waals surface area contributed by atoms with Gasteiger partial charge in [-0.15, -0.1) is 0 Å². The molecule has 1 fully saturated rings. The van der Waals surface area contributed by atoms with Gasteiger partial charge >= 0.3 is 0 Å². The quantitative estimate of drug-likeness (QED) is 0.346. The third kappa shape index (κ3) is 3.89. The Morgan fingerprint density at radius 2 is 1.91 bits per heavy atom. The van der Waals surface area contributed by atoms with Crippen LogP contribution in [0, 0.1) is 23.0 Å². The van der Waals surface area contributed by atoms with Gasteiger partial charge in [-0.3, -0.25) is 10.1 Å². The van der Waals surface area contributed by atoms with Crippen LogP contribution in [-0.2, 0) is 0 Å². The van der Waals surface area contributed by atoms with Crippen molar-refractivity contribution in [3.8, 4) is 0 Å². The zero-order chi connectivity index (χ0) is 17.1. The molecule has 0 spiro atoms. The predicted octanol–water partition coefficient (Wildman–Crippen LogP) is 4.85. The standard InChI is InChI=1S/C18H27N3O2/c1-12(2)18(20-14(4)7-6-8-15(20)5)19-17-10-9-16(21(22)23)11-13(17)3/h9-12,14-15H,6-8H2,1-5H3/t14-,15+. The van der Waals surface area contributed by atoms with Gasteiger partial charge in [-0.05, 0) is 51.7 Å². The lowest BCUT2D eigenvalue weighted by atomic mass is 9.95. The molecule has 5 nitrogen and oxygen atoms in total. The van der Waals surface area contributed by atoms with Gasteiger partial charge in [0.15, 0.2) is 0 Å². The first-order valence-electron chi connectivity index (χ1n) is 8.43. The van der Waals surface area contributed by atoms with Crippen LogP contribution in [0.1, 0.15) is 52.5 Å². The van der Waals surface area contributed by atoms with Gasteiger partial charge in [-0.25, -0.2) is 4.99 Å². The van der Waals surface area contributed by atoms with Crippen molar-refractivity contribution >= 4 is 17.2 Å². The van der Waals surface area contributed by atoms with E-state index in [2.05, 4.69) is 32.6 Å². The van der Waals surface area contributed by atoms with Crippen molar-refractivity contribution < 1.29 is 4.92 Å². The van der Waals surface area contributed by atoms with Crippen LogP contribution in [-0.4, -0.2) is 27.7 Å². The van der Waals surface area contributed by atoms with E-state index >= 15 is 0 Å². The number of piperidine rings is 1. The number of hydrogen-bond donors (Lipinski definition) is 0. The molecule has 0 N–H and O–H groups in total. The molecule has 1 aliphatic rings. The normalized spacial score (nSPS) is 22.5. The maximum absolute atomic E-state index is 10.9. The van der Waals surface area contributed by atoms with E-state index in [9.17, 15) is 10.1 Å². The predicted molar refractivity (Wildman–Crippen MR) is 94.4 cm³/mol. The molecule has 0 radical (unpaired) electrons. The summed E-state index contributed by atoms with van der Waals surface area (Å²) in [6, 6.07) is 5.86. The van der Waals surface area contributed by atoms with Crippen molar-refractivity contribution in [1.82, 2.24) is 4.90 Å². The van der Waals surface area contributed by atoms with Crippen molar-refractivity contribution in [2.75, 3.05) is 0 Å². The molecule has 0 saturated carbocycles. The van der Waals surface area contributed by atoms with Crippen molar-refractivity contribution in [3.05, 3.63) is 33.9 Å². The molecule has 126 valence electrons. The maximum Gasteiger partial charge on any atom is 0.269 e. The van der Waals surface area contributed by atoms with E-state index in [1.165, 1.54) is 25.3 Å². The number of aliphatic imine (C=N–C) groups is 1. The second kappa shape index (κ2) is 7.11. The van der Waals surface area contributed by atoms with Gasteiger partial charge in [0.2, 0.25) is 0 Å². The molecule has 0 unspecified atom stereocenters. The average molecular weight is 317 g/mol. The van der Waals surface area contributed by atoms with E-state index in [0.29, 0.717) is 18.0 Å². The molecular formula is C18H27N3O2. The highest BCUT2D eigenvalue weighted by Gasteiger charge is 2.29. The summed E-state index contributed by atoms with van der Waals surface area (Å²) >= 11 is 0. The van der Waals surface area contributed by atoms with Gasteiger partial charge < -0.3 is 4.90 Å². The molecule has 1 aromatic carbocycles. The molecule has 1 saturated heterocycles. The first kappa shape index (κ1) is 17.4. The van der Waals surface area contributed by atoms with Crippen molar-refractivity contribution in [2.24, 2.45) is 10.9 Å². The lowest BCUT2D eigenvalue weighted by molar-refractivity contribution is -0.384. The van der Waals surface area contributed by atoms with Gasteiger partial charge in [0.05, 0.1) is 10.6 Å². The highest BCUT2D eigenvalue weighted by atomic mass is 16.6. The molecule has 0 aromatic heterocycles. The smallest absolute Gasteiger partial charge is 0.269 e. The molecule has 0 bridgehead atoms. The molecule has 23 heavy (non-hydrogen) atoms. The van der Waals surface area contributed by atoms with Crippen LogP contribution in [0.15, 0.2) is 23.2 Å². The summed E-state index contributed by atoms with van der Waals surface area (Å²) in [5, 5.41) is 10.9. The van der Waals surface area contributed by atoms with Gasteiger partial charge in [0, 0.05) is 30.1 Å². The fourth-order valence-corrected chi connectivity index (χ4v) is 3.36. The number of likely N-dealkylation sites (tertiary alicyclic amines) is 1. The molecule has 0 amide bonds. The fraction of sp³-hybridized carbons (Fsp3) is 0.611. The van der Waals surface area contributed by atoms with Crippen LogP contribution in [0.3, 0.4) is 0 Å². The Morgan fingerprint density at radius 3 is 2.39 bits per heavy atom. The summed E-state index contributed by atoms with van der Waals surface area (Å²) in [6.45, 7) is 10.7. The van der Waals surface area contributed by atoms with E-state index in [4.69, 9.17) is 4.99 Å². The van der Waals surface area contributed by atoms with Crippen molar-refractivity contribution in [1.29, 1.82) is 0 Å². The maximum atomic E-state index is 10.9. The minimum Gasteiger partial charge on any atom is -0.354 e. The second-order valence-corrected chi connectivity index (χ2v) is 6.89. The van der Waals surface area contributed by atoms with Crippen LogP contribution in [0.4, 0.5) is 11.4 Å². The highest BCUT2D eigenvalue weighted by molar-refractivity contribution is 5.87. The number of nitrogens with zero attached hydrogens (tertiary/aromatic N) is 3. The number of hydrogen-bond acceptors (Lipinski definition) is 3. The van der Waals surface area contributed by atoms with Crippen molar-refractivity contribution in [2.45, 2.75) is 66.0 Å². The van der Waals surface area contributed by atoms with Crippen LogP contribution in [0.25, 0.3) is 0 Å². The zero-order valence-corrected chi connectivity index (χ0v) is 14.7. The first-order chi connectivity index (χ1) is 10.8. The van der Waals surface area contributed by atoms with E-state index in [1.807, 2.05) is 6.92 Å². The second-order valence-electron chi connectivity index (χ2n) is 6.89. The van der Waals surface area contributed by atoms with Gasteiger partial charge in [0.1, 0.15) is 5.84 Å². The van der Waals surface area contributed by atoms with E-state index < -0.39 is 0 Å². The van der Waals surface area contributed by atoms with Crippen molar-refractivity contribution in [3.63, 3.8) is 0 Å². The summed E-state index contributed by atoms with van der Waals surface area (Å²) in [5.41, 5.74) is 1.78. The SMILES string of the molecule is Cc1cc([N+](=O)[O-])ccc1N=C(C(C)C)N1[C@H](C)CCC[C@@H]1C. The number of benzene rings is 1. The average Bonchev–Trinajstić information content (AvgIpc) is 2.47. The number of aryl methyl sites for hydroxylation is 1. The van der Waals surface area contributed by atoms with Crippen LogP contribution >= 0.6 is 0 Å². The van der Waals surface area contributed by atoms with E-state index in [0.717, 1.165) is 17.1 Å². The first-order valence-corrected chi connectivity index (χ1v) is 8.43. The topological polar surface area (TPSA) is 58.7 Å². The largest absolute Gasteiger partial charge is 0.354 e. The summed E-state index contributed by atoms with van der Waals surface area (Å²) < 4.78 is 0. The summed E-state index contributed by atoms with van der Waals surface area (Å²) in [7, 11) is 0. The lowest BCUT2D eigenvalue weighted by Gasteiger charge is -2.42. The van der Waals surface area contributed by atoms with Crippen LogP contribution in [0.5, 0.6) is 0 Å². The third-order valence-corrected chi connectivity index (χ3v) is 4.60. The molecule has 1 aromatic rings. The van der Waals surface area contributed by atoms with Gasteiger partial charge in [-0.1, -0.05) is 13.8 Å². The molecular weight excluding hydrogens is 290 g/mol. The minimum absolute atomic E-state index is 0.118.